The van der Waals surface area contributed by atoms with Crippen LogP contribution in [-0.2, 0) is 9.53 Å². The van der Waals surface area contributed by atoms with Gasteiger partial charge in [0.05, 0.1) is 6.10 Å². The maximum atomic E-state index is 12.5. The number of hydrogen-bond acceptors (Lipinski definition) is 3. The van der Waals surface area contributed by atoms with Crippen molar-refractivity contribution in [2.75, 3.05) is 19.7 Å². The molecule has 0 aromatic carbocycles. The van der Waals surface area contributed by atoms with E-state index in [0.29, 0.717) is 35.9 Å². The zero-order valence-electron chi connectivity index (χ0n) is 14.6. The molecule has 0 aliphatic carbocycles. The van der Waals surface area contributed by atoms with E-state index in [1.165, 1.54) is 25.7 Å². The molecule has 3 fully saturated rings. The van der Waals surface area contributed by atoms with Crippen molar-refractivity contribution in [3.63, 3.8) is 0 Å². The summed E-state index contributed by atoms with van der Waals surface area (Å²) in [5.74, 6) is 1.59. The molecule has 2 atom stereocenters. The fourth-order valence-corrected chi connectivity index (χ4v) is 4.32. The lowest BCUT2D eigenvalue weighted by atomic mass is 9.89. The second-order valence-corrected chi connectivity index (χ2v) is 7.99. The van der Waals surface area contributed by atoms with Crippen molar-refractivity contribution in [1.82, 2.24) is 10.2 Å². The Morgan fingerprint density at radius 2 is 1.74 bits per heavy atom. The predicted octanol–water partition coefficient (Wildman–Crippen LogP) is 2.99. The maximum absolute atomic E-state index is 12.5. The molecule has 4 nitrogen and oxygen atoms in total. The highest BCUT2D eigenvalue weighted by molar-refractivity contribution is 5.85. The van der Waals surface area contributed by atoms with Crippen LogP contribution in [0, 0.1) is 11.8 Å². The fourth-order valence-electron chi connectivity index (χ4n) is 4.32. The number of halogens is 1. The van der Waals surface area contributed by atoms with Crippen LogP contribution < -0.4 is 5.32 Å². The fraction of sp³-hybridized carbons (Fsp3) is 0.944. The zero-order chi connectivity index (χ0) is 15.5. The topological polar surface area (TPSA) is 41.6 Å². The highest BCUT2D eigenvalue weighted by Crippen LogP contribution is 2.33. The van der Waals surface area contributed by atoms with Crippen LogP contribution in [0.1, 0.15) is 58.8 Å². The average molecular weight is 345 g/mol. The lowest BCUT2D eigenvalue weighted by molar-refractivity contribution is -0.135. The second-order valence-electron chi connectivity index (χ2n) is 7.99. The number of rotatable bonds is 5. The van der Waals surface area contributed by atoms with E-state index in [1.54, 1.807) is 0 Å². The number of hydrogen-bond donors (Lipinski definition) is 1. The number of carbonyl (C=O) groups excluding carboxylic acids is 1. The number of ether oxygens (including phenoxy) is 1. The minimum atomic E-state index is 0. The van der Waals surface area contributed by atoms with E-state index in [9.17, 15) is 4.79 Å². The Hall–Kier alpha value is -0.320. The van der Waals surface area contributed by atoms with Crippen LogP contribution in [0.3, 0.4) is 0 Å². The quantitative estimate of drug-likeness (QED) is 0.833. The van der Waals surface area contributed by atoms with E-state index < -0.39 is 0 Å². The summed E-state index contributed by atoms with van der Waals surface area (Å²) in [4.78, 5) is 14.6. The largest absolute Gasteiger partial charge is 0.378 e. The lowest BCUT2D eigenvalue weighted by Gasteiger charge is -2.34. The summed E-state index contributed by atoms with van der Waals surface area (Å²) in [5.41, 5.74) is 0. The maximum Gasteiger partial charge on any atom is 0.222 e. The normalized spacial score (nSPS) is 31.3. The molecule has 23 heavy (non-hydrogen) atoms. The molecule has 5 heteroatoms. The second kappa shape index (κ2) is 8.68. The van der Waals surface area contributed by atoms with Gasteiger partial charge in [0.2, 0.25) is 5.91 Å². The van der Waals surface area contributed by atoms with Crippen LogP contribution >= 0.6 is 12.4 Å². The van der Waals surface area contributed by atoms with E-state index in [0.717, 1.165) is 39.0 Å². The lowest BCUT2D eigenvalue weighted by Crippen LogP contribution is -2.43. The molecule has 0 saturated carbocycles. The summed E-state index contributed by atoms with van der Waals surface area (Å²) in [6.45, 7) is 6.99. The molecule has 3 saturated heterocycles. The molecule has 134 valence electrons. The summed E-state index contributed by atoms with van der Waals surface area (Å²) in [6.07, 6.45) is 8.19. The average Bonchev–Trinajstić information content (AvgIpc) is 2.84. The summed E-state index contributed by atoms with van der Waals surface area (Å²) in [6, 6.07) is 1.37. The van der Waals surface area contributed by atoms with Gasteiger partial charge in [0.15, 0.2) is 0 Å². The molecule has 3 aliphatic heterocycles. The first kappa shape index (κ1) is 19.0. The molecule has 0 aromatic rings. The molecular formula is C18H33ClN2O2. The van der Waals surface area contributed by atoms with Gasteiger partial charge in [-0.25, -0.2) is 0 Å². The Labute approximate surface area is 147 Å². The number of piperidine rings is 2. The first-order valence-corrected chi connectivity index (χ1v) is 9.25. The minimum absolute atomic E-state index is 0. The molecule has 0 radical (unpaired) electrons. The Morgan fingerprint density at radius 1 is 1.13 bits per heavy atom. The molecular weight excluding hydrogens is 312 g/mol. The third kappa shape index (κ3) is 5.33. The van der Waals surface area contributed by atoms with Gasteiger partial charge in [0.25, 0.3) is 0 Å². The van der Waals surface area contributed by atoms with Gasteiger partial charge in [-0.2, -0.15) is 0 Å². The molecule has 2 unspecified atom stereocenters. The minimum Gasteiger partial charge on any atom is -0.378 e. The van der Waals surface area contributed by atoms with Gasteiger partial charge >= 0.3 is 0 Å². The summed E-state index contributed by atoms with van der Waals surface area (Å²) in [7, 11) is 0. The highest BCUT2D eigenvalue weighted by Gasteiger charge is 2.35. The van der Waals surface area contributed by atoms with Crippen molar-refractivity contribution in [1.29, 1.82) is 0 Å². The Morgan fingerprint density at radius 3 is 2.30 bits per heavy atom. The van der Waals surface area contributed by atoms with E-state index in [2.05, 4.69) is 24.1 Å². The Bertz CT molecular complexity index is 371. The van der Waals surface area contributed by atoms with Crippen molar-refractivity contribution in [2.45, 2.75) is 77.0 Å². The van der Waals surface area contributed by atoms with Gasteiger partial charge in [0, 0.05) is 38.2 Å². The molecule has 0 spiro atoms. The standard InChI is InChI=1S/C18H32N2O2.ClH/c1-13(2)12-22-17-5-7-20(8-6-17)18(21)11-14-9-15-3-4-16(10-14)19-15;/h13-17,19H,3-12H2,1-2H3;1H. The van der Waals surface area contributed by atoms with Crippen LogP contribution in [0.5, 0.6) is 0 Å². The van der Waals surface area contributed by atoms with Crippen LogP contribution in [0.2, 0.25) is 0 Å². The molecule has 3 heterocycles. The molecule has 3 aliphatic rings. The Kier molecular flexibility index (Phi) is 7.18. The van der Waals surface area contributed by atoms with Gasteiger partial charge in [-0.05, 0) is 50.4 Å². The Balaban J connectivity index is 0.00000192. The van der Waals surface area contributed by atoms with E-state index in [1.807, 2.05) is 0 Å². The highest BCUT2D eigenvalue weighted by atomic mass is 35.5. The van der Waals surface area contributed by atoms with Gasteiger partial charge in [-0.1, -0.05) is 13.8 Å². The van der Waals surface area contributed by atoms with Crippen molar-refractivity contribution in [3.05, 3.63) is 0 Å². The molecule has 1 N–H and O–H groups in total. The molecule has 2 bridgehead atoms. The van der Waals surface area contributed by atoms with E-state index in [4.69, 9.17) is 4.74 Å². The summed E-state index contributed by atoms with van der Waals surface area (Å²) >= 11 is 0. The number of amides is 1. The van der Waals surface area contributed by atoms with Crippen LogP contribution in [0.4, 0.5) is 0 Å². The smallest absolute Gasteiger partial charge is 0.222 e. The van der Waals surface area contributed by atoms with Crippen molar-refractivity contribution in [2.24, 2.45) is 11.8 Å². The van der Waals surface area contributed by atoms with Gasteiger partial charge in [0.1, 0.15) is 0 Å². The molecule has 3 rings (SSSR count). The third-order valence-electron chi connectivity index (χ3n) is 5.49. The number of fused-ring (bicyclic) bond motifs is 2. The first-order chi connectivity index (χ1) is 10.6. The van der Waals surface area contributed by atoms with E-state index in [-0.39, 0.29) is 12.4 Å². The van der Waals surface area contributed by atoms with Gasteiger partial charge in [-0.3, -0.25) is 4.79 Å². The first-order valence-electron chi connectivity index (χ1n) is 9.25. The SMILES string of the molecule is CC(C)COC1CCN(C(=O)CC2CC3CCC(C2)N3)CC1.Cl. The summed E-state index contributed by atoms with van der Waals surface area (Å²) in [5, 5.41) is 3.66. The zero-order valence-corrected chi connectivity index (χ0v) is 15.4. The monoisotopic (exact) mass is 344 g/mol. The van der Waals surface area contributed by atoms with E-state index >= 15 is 0 Å². The van der Waals surface area contributed by atoms with Crippen LogP contribution in [0.15, 0.2) is 0 Å². The van der Waals surface area contributed by atoms with Crippen molar-refractivity contribution >= 4 is 18.3 Å². The predicted molar refractivity (Wildman–Crippen MR) is 94.9 cm³/mol. The van der Waals surface area contributed by atoms with Crippen LogP contribution in [-0.4, -0.2) is 48.7 Å². The number of nitrogens with zero attached hydrogens (tertiary/aromatic N) is 1. The van der Waals surface area contributed by atoms with Crippen LogP contribution in [0.25, 0.3) is 0 Å². The van der Waals surface area contributed by atoms with Crippen molar-refractivity contribution < 1.29 is 9.53 Å². The number of likely N-dealkylation sites (tertiary alicyclic amines) is 1. The molecule has 0 aromatic heterocycles. The molecule has 1 amide bonds. The number of carbonyl (C=O) groups is 1. The van der Waals surface area contributed by atoms with Gasteiger partial charge in [-0.15, -0.1) is 12.4 Å². The van der Waals surface area contributed by atoms with Crippen molar-refractivity contribution in [3.8, 4) is 0 Å². The third-order valence-corrected chi connectivity index (χ3v) is 5.49. The summed E-state index contributed by atoms with van der Waals surface area (Å²) < 4.78 is 5.91. The number of nitrogens with one attached hydrogen (secondary N) is 1. The van der Waals surface area contributed by atoms with Gasteiger partial charge < -0.3 is 15.0 Å².